The summed E-state index contributed by atoms with van der Waals surface area (Å²) in [6.45, 7) is 4.39. The van der Waals surface area contributed by atoms with Crippen molar-refractivity contribution in [1.82, 2.24) is 4.90 Å². The summed E-state index contributed by atoms with van der Waals surface area (Å²) in [4.78, 5) is 2.35. The molecular formula is C9H15NO. The number of hydrogen-bond donors (Lipinski definition) is 1. The largest absolute Gasteiger partial charge is 0.384 e. The second kappa shape index (κ2) is 4.38. The van der Waals surface area contributed by atoms with Crippen molar-refractivity contribution >= 4 is 0 Å². The van der Waals surface area contributed by atoms with Crippen molar-refractivity contribution in [2.24, 2.45) is 0 Å². The van der Waals surface area contributed by atoms with E-state index < -0.39 is 0 Å². The predicted octanol–water partition coefficient (Wildman–Crippen LogP) is 0.466. The van der Waals surface area contributed by atoms with Crippen molar-refractivity contribution < 1.29 is 5.11 Å². The van der Waals surface area contributed by atoms with Gasteiger partial charge in [0.25, 0.3) is 0 Å². The van der Waals surface area contributed by atoms with E-state index >= 15 is 0 Å². The molecule has 1 rings (SSSR count). The Kier molecular flexibility index (Phi) is 3.41. The standard InChI is InChI=1S/C9H15NO/c1-2-10-7-3-5-9(10)6-4-8-11/h9,11H,2-3,5,7-8H2,1H3. The molecule has 1 fully saturated rings. The monoisotopic (exact) mass is 153 g/mol. The molecule has 1 N–H and O–H groups in total. The van der Waals surface area contributed by atoms with Crippen molar-refractivity contribution in [1.29, 1.82) is 0 Å². The van der Waals surface area contributed by atoms with E-state index in [0.717, 1.165) is 6.54 Å². The molecule has 0 radical (unpaired) electrons. The van der Waals surface area contributed by atoms with Gasteiger partial charge < -0.3 is 5.11 Å². The van der Waals surface area contributed by atoms with Gasteiger partial charge in [0.1, 0.15) is 6.61 Å². The fourth-order valence-electron chi connectivity index (χ4n) is 1.53. The smallest absolute Gasteiger partial charge is 0.104 e. The summed E-state index contributed by atoms with van der Waals surface area (Å²) in [6.07, 6.45) is 2.42. The maximum atomic E-state index is 8.49. The van der Waals surface area contributed by atoms with Gasteiger partial charge >= 0.3 is 0 Å². The van der Waals surface area contributed by atoms with E-state index in [1.165, 1.54) is 19.4 Å². The molecule has 1 saturated heterocycles. The lowest BCUT2D eigenvalue weighted by atomic mass is 10.2. The van der Waals surface area contributed by atoms with Crippen LogP contribution in [-0.4, -0.2) is 35.7 Å². The minimum Gasteiger partial charge on any atom is -0.384 e. The minimum atomic E-state index is -0.00590. The van der Waals surface area contributed by atoms with Gasteiger partial charge in [-0.15, -0.1) is 0 Å². The molecule has 62 valence electrons. The Labute approximate surface area is 68.2 Å². The van der Waals surface area contributed by atoms with Crippen LogP contribution >= 0.6 is 0 Å². The zero-order valence-electron chi connectivity index (χ0n) is 7.01. The van der Waals surface area contributed by atoms with E-state index in [2.05, 4.69) is 23.7 Å². The molecule has 11 heavy (non-hydrogen) atoms. The van der Waals surface area contributed by atoms with Crippen LogP contribution in [0.25, 0.3) is 0 Å². The average molecular weight is 153 g/mol. The molecule has 1 unspecified atom stereocenters. The Morgan fingerprint density at radius 1 is 1.64 bits per heavy atom. The lowest BCUT2D eigenvalue weighted by Crippen LogP contribution is -2.27. The Balaban J connectivity index is 2.43. The van der Waals surface area contributed by atoms with Crippen LogP contribution in [0.1, 0.15) is 19.8 Å². The molecule has 0 aromatic rings. The van der Waals surface area contributed by atoms with Crippen LogP contribution in [0.5, 0.6) is 0 Å². The molecule has 0 amide bonds. The van der Waals surface area contributed by atoms with E-state index in [1.807, 2.05) is 0 Å². The lowest BCUT2D eigenvalue weighted by Gasteiger charge is -2.16. The zero-order chi connectivity index (χ0) is 8.10. The molecular weight excluding hydrogens is 138 g/mol. The summed E-state index contributed by atoms with van der Waals surface area (Å²) >= 11 is 0. The van der Waals surface area contributed by atoms with Gasteiger partial charge in [-0.05, 0) is 25.9 Å². The Morgan fingerprint density at radius 2 is 2.45 bits per heavy atom. The third kappa shape index (κ3) is 2.21. The molecule has 0 aliphatic carbocycles. The molecule has 0 saturated carbocycles. The van der Waals surface area contributed by atoms with E-state index in [-0.39, 0.29) is 6.61 Å². The highest BCUT2D eigenvalue weighted by atomic mass is 16.2. The Hall–Kier alpha value is -0.520. The summed E-state index contributed by atoms with van der Waals surface area (Å²) in [5.74, 6) is 5.78. The highest BCUT2D eigenvalue weighted by Crippen LogP contribution is 2.14. The van der Waals surface area contributed by atoms with E-state index in [0.29, 0.717) is 6.04 Å². The Morgan fingerprint density at radius 3 is 3.09 bits per heavy atom. The van der Waals surface area contributed by atoms with Crippen LogP contribution in [0.3, 0.4) is 0 Å². The van der Waals surface area contributed by atoms with Crippen LogP contribution in [0, 0.1) is 11.8 Å². The zero-order valence-corrected chi connectivity index (χ0v) is 7.01. The Bertz CT molecular complexity index is 168. The number of rotatable bonds is 1. The van der Waals surface area contributed by atoms with Crippen LogP contribution < -0.4 is 0 Å². The summed E-state index contributed by atoms with van der Waals surface area (Å²) in [5, 5.41) is 8.49. The fourth-order valence-corrected chi connectivity index (χ4v) is 1.53. The van der Waals surface area contributed by atoms with Gasteiger partial charge in [-0.25, -0.2) is 0 Å². The summed E-state index contributed by atoms with van der Waals surface area (Å²) in [7, 11) is 0. The first kappa shape index (κ1) is 8.58. The minimum absolute atomic E-state index is 0.00590. The molecule has 0 aromatic heterocycles. The molecule has 2 heteroatoms. The van der Waals surface area contributed by atoms with E-state index in [9.17, 15) is 0 Å². The summed E-state index contributed by atoms with van der Waals surface area (Å²) < 4.78 is 0. The summed E-state index contributed by atoms with van der Waals surface area (Å²) in [6, 6.07) is 0.409. The van der Waals surface area contributed by atoms with Gasteiger partial charge in [0.15, 0.2) is 0 Å². The first-order valence-electron chi connectivity index (χ1n) is 4.21. The van der Waals surface area contributed by atoms with Gasteiger partial charge in [0.05, 0.1) is 6.04 Å². The van der Waals surface area contributed by atoms with Gasteiger partial charge in [-0.2, -0.15) is 0 Å². The molecule has 0 bridgehead atoms. The normalized spacial score (nSPS) is 24.7. The lowest BCUT2D eigenvalue weighted by molar-refractivity contribution is 0.312. The fraction of sp³-hybridized carbons (Fsp3) is 0.778. The van der Waals surface area contributed by atoms with Gasteiger partial charge in [-0.3, -0.25) is 4.90 Å². The van der Waals surface area contributed by atoms with Gasteiger partial charge in [0, 0.05) is 0 Å². The second-order valence-electron chi connectivity index (χ2n) is 2.77. The maximum Gasteiger partial charge on any atom is 0.104 e. The number of hydrogen-bond acceptors (Lipinski definition) is 2. The second-order valence-corrected chi connectivity index (χ2v) is 2.77. The van der Waals surface area contributed by atoms with Crippen LogP contribution in [0.4, 0.5) is 0 Å². The molecule has 1 atom stereocenters. The number of likely N-dealkylation sites (tertiary alicyclic amines) is 1. The van der Waals surface area contributed by atoms with Crippen molar-refractivity contribution in [2.45, 2.75) is 25.8 Å². The van der Waals surface area contributed by atoms with Crippen molar-refractivity contribution in [3.8, 4) is 11.8 Å². The average Bonchev–Trinajstić information content (AvgIpc) is 2.47. The highest BCUT2D eigenvalue weighted by molar-refractivity contribution is 5.09. The van der Waals surface area contributed by atoms with Crippen LogP contribution in [0.2, 0.25) is 0 Å². The van der Waals surface area contributed by atoms with Crippen LogP contribution in [-0.2, 0) is 0 Å². The quantitative estimate of drug-likeness (QED) is 0.553. The van der Waals surface area contributed by atoms with Crippen molar-refractivity contribution in [3.63, 3.8) is 0 Å². The van der Waals surface area contributed by atoms with Crippen LogP contribution in [0.15, 0.2) is 0 Å². The van der Waals surface area contributed by atoms with E-state index in [1.54, 1.807) is 0 Å². The molecule has 0 spiro atoms. The first-order chi connectivity index (χ1) is 5.38. The van der Waals surface area contributed by atoms with Gasteiger partial charge in [-0.1, -0.05) is 18.8 Å². The van der Waals surface area contributed by atoms with Crippen molar-refractivity contribution in [2.75, 3.05) is 19.7 Å². The highest BCUT2D eigenvalue weighted by Gasteiger charge is 2.20. The molecule has 0 aromatic carbocycles. The predicted molar refractivity (Wildman–Crippen MR) is 45.1 cm³/mol. The molecule has 1 aliphatic heterocycles. The SMILES string of the molecule is CCN1CCCC1C#CCO. The first-order valence-corrected chi connectivity index (χ1v) is 4.21. The maximum absolute atomic E-state index is 8.49. The van der Waals surface area contributed by atoms with E-state index in [4.69, 9.17) is 5.11 Å². The summed E-state index contributed by atoms with van der Waals surface area (Å²) in [5.41, 5.74) is 0. The third-order valence-corrected chi connectivity index (χ3v) is 2.12. The van der Waals surface area contributed by atoms with Crippen molar-refractivity contribution in [3.05, 3.63) is 0 Å². The third-order valence-electron chi connectivity index (χ3n) is 2.12. The number of aliphatic hydroxyl groups excluding tert-OH is 1. The molecule has 1 aliphatic rings. The topological polar surface area (TPSA) is 23.5 Å². The van der Waals surface area contributed by atoms with Gasteiger partial charge in [0.2, 0.25) is 0 Å². The number of nitrogens with zero attached hydrogens (tertiary/aromatic N) is 1. The molecule has 2 nitrogen and oxygen atoms in total. The molecule has 1 heterocycles. The number of aliphatic hydroxyl groups is 1.